The molecular weight excluding hydrogens is 229 g/mol. The van der Waals surface area contributed by atoms with Crippen molar-refractivity contribution in [3.8, 4) is 0 Å². The van der Waals surface area contributed by atoms with Crippen molar-refractivity contribution in [3.05, 3.63) is 35.6 Å². The predicted octanol–water partition coefficient (Wildman–Crippen LogP) is 3.21. The molecule has 98 valence electrons. The summed E-state index contributed by atoms with van der Waals surface area (Å²) in [5, 5.41) is 3.07. The summed E-state index contributed by atoms with van der Waals surface area (Å²) in [4.78, 5) is 11.9. The van der Waals surface area contributed by atoms with Gasteiger partial charge < -0.3 is 5.32 Å². The molecule has 0 heterocycles. The summed E-state index contributed by atoms with van der Waals surface area (Å²) in [6, 6.07) is 6.56. The minimum absolute atomic E-state index is 0.00694. The topological polar surface area (TPSA) is 29.1 Å². The van der Waals surface area contributed by atoms with Crippen LogP contribution in [-0.2, 0) is 11.2 Å². The minimum Gasteiger partial charge on any atom is -0.353 e. The van der Waals surface area contributed by atoms with E-state index in [1.165, 1.54) is 37.8 Å². The Labute approximate surface area is 108 Å². The number of hydrogen-bond donors (Lipinski definition) is 1. The molecule has 18 heavy (non-hydrogen) atoms. The molecule has 2 rings (SSSR count). The molecule has 0 radical (unpaired) electrons. The first-order valence-electron chi connectivity index (χ1n) is 6.78. The number of benzene rings is 1. The van der Waals surface area contributed by atoms with E-state index in [1.54, 1.807) is 12.1 Å². The quantitative estimate of drug-likeness (QED) is 0.819. The van der Waals surface area contributed by atoms with Crippen molar-refractivity contribution >= 4 is 5.91 Å². The van der Waals surface area contributed by atoms with Crippen LogP contribution in [0.3, 0.4) is 0 Å². The van der Waals surface area contributed by atoms with Gasteiger partial charge in [0.2, 0.25) is 5.91 Å². The minimum atomic E-state index is -0.283. The highest BCUT2D eigenvalue weighted by molar-refractivity contribution is 5.78. The van der Waals surface area contributed by atoms with E-state index in [4.69, 9.17) is 0 Å². The highest BCUT2D eigenvalue weighted by Crippen LogP contribution is 2.17. The van der Waals surface area contributed by atoms with Gasteiger partial charge in [-0.15, -0.1) is 0 Å². The van der Waals surface area contributed by atoms with Crippen LogP contribution in [0.25, 0.3) is 0 Å². The lowest BCUT2D eigenvalue weighted by atomic mass is 10.1. The Bertz CT molecular complexity index is 397. The summed E-state index contributed by atoms with van der Waals surface area (Å²) in [5.41, 5.74) is 0.737. The first kappa shape index (κ1) is 13.1. The molecule has 1 fully saturated rings. The number of carbonyl (C=O) groups excluding carboxylic acids is 1. The molecule has 0 bridgehead atoms. The molecule has 0 unspecified atom stereocenters. The van der Waals surface area contributed by atoms with Crippen LogP contribution >= 0.6 is 0 Å². The Hall–Kier alpha value is -1.38. The third kappa shape index (κ3) is 4.13. The van der Waals surface area contributed by atoms with Crippen LogP contribution in [0.5, 0.6) is 0 Å². The van der Waals surface area contributed by atoms with Gasteiger partial charge in [-0.25, -0.2) is 4.39 Å². The van der Waals surface area contributed by atoms with E-state index in [2.05, 4.69) is 5.32 Å². The van der Waals surface area contributed by atoms with Crippen molar-refractivity contribution < 1.29 is 9.18 Å². The lowest BCUT2D eigenvalue weighted by molar-refractivity contribution is -0.121. The lowest BCUT2D eigenvalue weighted by Crippen LogP contribution is -2.35. The highest BCUT2D eigenvalue weighted by atomic mass is 19.1. The zero-order valence-corrected chi connectivity index (χ0v) is 10.6. The third-order valence-electron chi connectivity index (χ3n) is 3.47. The van der Waals surface area contributed by atoms with Crippen molar-refractivity contribution in [2.24, 2.45) is 0 Å². The predicted molar refractivity (Wildman–Crippen MR) is 69.7 cm³/mol. The van der Waals surface area contributed by atoms with Crippen LogP contribution in [0.15, 0.2) is 24.3 Å². The SMILES string of the molecule is O=C(Cc1cccc(F)c1)NC1CCCCCC1. The largest absolute Gasteiger partial charge is 0.353 e. The monoisotopic (exact) mass is 249 g/mol. The number of nitrogens with one attached hydrogen (secondary N) is 1. The summed E-state index contributed by atoms with van der Waals surface area (Å²) < 4.78 is 13.0. The molecule has 0 aliphatic heterocycles. The van der Waals surface area contributed by atoms with Crippen molar-refractivity contribution in [3.63, 3.8) is 0 Å². The van der Waals surface area contributed by atoms with Crippen molar-refractivity contribution in [1.29, 1.82) is 0 Å². The van der Waals surface area contributed by atoms with E-state index in [-0.39, 0.29) is 18.1 Å². The number of hydrogen-bond acceptors (Lipinski definition) is 1. The van der Waals surface area contributed by atoms with Gasteiger partial charge in [-0.05, 0) is 30.5 Å². The zero-order valence-electron chi connectivity index (χ0n) is 10.6. The molecule has 3 heteroatoms. The standard InChI is InChI=1S/C15H20FNO/c16-13-7-5-6-12(10-13)11-15(18)17-14-8-3-1-2-4-9-14/h5-7,10,14H,1-4,8-9,11H2,(H,17,18). The van der Waals surface area contributed by atoms with Gasteiger partial charge >= 0.3 is 0 Å². The number of amides is 1. The second-order valence-electron chi connectivity index (χ2n) is 5.06. The fraction of sp³-hybridized carbons (Fsp3) is 0.533. The number of carbonyl (C=O) groups is 1. The van der Waals surface area contributed by atoms with Gasteiger partial charge in [0.15, 0.2) is 0 Å². The van der Waals surface area contributed by atoms with Gasteiger partial charge in [0.1, 0.15) is 5.82 Å². The summed E-state index contributed by atoms with van der Waals surface area (Å²) >= 11 is 0. The zero-order chi connectivity index (χ0) is 12.8. The van der Waals surface area contributed by atoms with Crippen LogP contribution in [0.2, 0.25) is 0 Å². The van der Waals surface area contributed by atoms with Crippen molar-refractivity contribution in [1.82, 2.24) is 5.32 Å². The van der Waals surface area contributed by atoms with Gasteiger partial charge in [-0.2, -0.15) is 0 Å². The van der Waals surface area contributed by atoms with E-state index >= 15 is 0 Å². The van der Waals surface area contributed by atoms with Gasteiger partial charge in [0, 0.05) is 6.04 Å². The maximum Gasteiger partial charge on any atom is 0.224 e. The second kappa shape index (κ2) is 6.53. The van der Waals surface area contributed by atoms with Crippen LogP contribution in [0.4, 0.5) is 4.39 Å². The average Bonchev–Trinajstić information content (AvgIpc) is 2.57. The molecule has 0 saturated heterocycles. The fourth-order valence-electron chi connectivity index (χ4n) is 2.53. The molecule has 1 aliphatic carbocycles. The first-order valence-corrected chi connectivity index (χ1v) is 6.78. The smallest absolute Gasteiger partial charge is 0.224 e. The first-order chi connectivity index (χ1) is 8.74. The molecule has 1 amide bonds. The maximum atomic E-state index is 13.0. The maximum absolute atomic E-state index is 13.0. The van der Waals surface area contributed by atoms with Crippen LogP contribution in [0.1, 0.15) is 44.1 Å². The van der Waals surface area contributed by atoms with Crippen molar-refractivity contribution in [2.75, 3.05) is 0 Å². The Morgan fingerprint density at radius 2 is 1.94 bits per heavy atom. The molecule has 0 aromatic heterocycles. The summed E-state index contributed by atoms with van der Waals surface area (Å²) in [7, 11) is 0. The number of halogens is 1. The molecule has 1 aliphatic rings. The van der Waals surface area contributed by atoms with Crippen LogP contribution in [-0.4, -0.2) is 11.9 Å². The van der Waals surface area contributed by atoms with Gasteiger partial charge in [0.05, 0.1) is 6.42 Å². The van der Waals surface area contributed by atoms with Gasteiger partial charge in [-0.3, -0.25) is 4.79 Å². The van der Waals surface area contributed by atoms with E-state index < -0.39 is 0 Å². The summed E-state index contributed by atoms with van der Waals surface area (Å²) in [6.45, 7) is 0. The normalized spacial score (nSPS) is 17.2. The summed E-state index contributed by atoms with van der Waals surface area (Å²) in [5.74, 6) is -0.276. The van der Waals surface area contributed by atoms with Crippen LogP contribution < -0.4 is 5.32 Å². The Balaban J connectivity index is 1.84. The molecular formula is C15H20FNO. The molecule has 1 saturated carbocycles. The molecule has 1 N–H and O–H groups in total. The Morgan fingerprint density at radius 1 is 1.22 bits per heavy atom. The van der Waals surface area contributed by atoms with Crippen LogP contribution in [0, 0.1) is 5.82 Å². The lowest BCUT2D eigenvalue weighted by Gasteiger charge is -2.16. The Kier molecular flexibility index (Phi) is 4.73. The Morgan fingerprint density at radius 3 is 2.61 bits per heavy atom. The average molecular weight is 249 g/mol. The van der Waals surface area contributed by atoms with Gasteiger partial charge in [-0.1, -0.05) is 37.8 Å². The number of rotatable bonds is 3. The molecule has 1 aromatic carbocycles. The van der Waals surface area contributed by atoms with E-state index in [9.17, 15) is 9.18 Å². The molecule has 0 atom stereocenters. The molecule has 0 spiro atoms. The van der Waals surface area contributed by atoms with Gasteiger partial charge in [0.25, 0.3) is 0 Å². The van der Waals surface area contributed by atoms with E-state index in [0.717, 1.165) is 18.4 Å². The highest BCUT2D eigenvalue weighted by Gasteiger charge is 2.14. The second-order valence-corrected chi connectivity index (χ2v) is 5.06. The van der Waals surface area contributed by atoms with E-state index in [0.29, 0.717) is 6.04 Å². The summed E-state index contributed by atoms with van der Waals surface area (Å²) in [6.07, 6.45) is 7.38. The van der Waals surface area contributed by atoms with E-state index in [1.807, 2.05) is 0 Å². The molecule has 2 nitrogen and oxygen atoms in total. The molecule has 1 aromatic rings. The fourth-order valence-corrected chi connectivity index (χ4v) is 2.53. The van der Waals surface area contributed by atoms with Crippen molar-refractivity contribution in [2.45, 2.75) is 51.0 Å². The third-order valence-corrected chi connectivity index (χ3v) is 3.47.